The predicted molar refractivity (Wildman–Crippen MR) is 123 cm³/mol. The Morgan fingerprint density at radius 2 is 1.64 bits per heavy atom. The summed E-state index contributed by atoms with van der Waals surface area (Å²) < 4.78 is 16.9. The van der Waals surface area contributed by atoms with Gasteiger partial charge in [0.2, 0.25) is 6.79 Å². The normalized spacial score (nSPS) is 14.3. The molecular formula is C25H20BrNO6. The van der Waals surface area contributed by atoms with Crippen LogP contribution < -0.4 is 14.8 Å². The number of carboxylic acid groups (broad SMARTS) is 1. The lowest BCUT2D eigenvalue weighted by Crippen LogP contribution is -2.32. The van der Waals surface area contributed by atoms with Gasteiger partial charge >= 0.3 is 12.1 Å². The fourth-order valence-electron chi connectivity index (χ4n) is 4.40. The Hall–Kier alpha value is -3.52. The van der Waals surface area contributed by atoms with Crippen LogP contribution in [-0.4, -0.2) is 30.6 Å². The standard InChI is InChI=1S/C25H20BrNO6/c26-20-10-23-22(32-13-33-23)9-18(20)21(11-24(28)29)27-25(30)31-12-19-16-7-3-1-5-14(16)15-6-2-4-8-17(15)19/h1-10,19,21H,11-13H2,(H,27,30)(H,28,29)/t21-/m1/s1. The van der Waals surface area contributed by atoms with Gasteiger partial charge in [-0.2, -0.15) is 0 Å². The van der Waals surface area contributed by atoms with Crippen molar-refractivity contribution < 1.29 is 28.9 Å². The molecule has 33 heavy (non-hydrogen) atoms. The molecule has 1 amide bonds. The van der Waals surface area contributed by atoms with Crippen molar-refractivity contribution >= 4 is 28.0 Å². The Kier molecular flexibility index (Phi) is 5.68. The lowest BCUT2D eigenvalue weighted by atomic mass is 9.98. The Labute approximate surface area is 198 Å². The molecule has 168 valence electrons. The highest BCUT2D eigenvalue weighted by molar-refractivity contribution is 9.10. The maximum atomic E-state index is 12.7. The van der Waals surface area contributed by atoms with Crippen LogP contribution in [0.15, 0.2) is 65.1 Å². The SMILES string of the molecule is O=C(O)C[C@@H](NC(=O)OCC1c2ccccc2-c2ccccc21)c1cc2c(cc1Br)OCO2. The number of nitrogens with one attached hydrogen (secondary N) is 1. The summed E-state index contributed by atoms with van der Waals surface area (Å²) in [7, 11) is 0. The second-order valence-electron chi connectivity index (χ2n) is 7.85. The number of carbonyl (C=O) groups excluding carboxylic acids is 1. The van der Waals surface area contributed by atoms with E-state index in [-0.39, 0.29) is 25.7 Å². The first kappa shape index (κ1) is 21.3. The van der Waals surface area contributed by atoms with Gasteiger partial charge < -0.3 is 24.6 Å². The van der Waals surface area contributed by atoms with Crippen molar-refractivity contribution in [1.82, 2.24) is 5.32 Å². The highest BCUT2D eigenvalue weighted by Crippen LogP contribution is 2.44. The van der Waals surface area contributed by atoms with E-state index in [2.05, 4.69) is 33.4 Å². The summed E-state index contributed by atoms with van der Waals surface area (Å²) in [4.78, 5) is 24.2. The average Bonchev–Trinajstić information content (AvgIpc) is 3.38. The van der Waals surface area contributed by atoms with Crippen LogP contribution >= 0.6 is 15.9 Å². The Bertz CT molecular complexity index is 1200. The molecule has 2 N–H and O–H groups in total. The molecule has 1 aliphatic carbocycles. The number of aliphatic carboxylic acids is 1. The molecule has 1 heterocycles. The lowest BCUT2D eigenvalue weighted by molar-refractivity contribution is -0.137. The number of carbonyl (C=O) groups is 2. The fourth-order valence-corrected chi connectivity index (χ4v) is 4.99. The number of ether oxygens (including phenoxy) is 3. The molecule has 0 spiro atoms. The molecule has 3 aromatic carbocycles. The average molecular weight is 510 g/mol. The van der Waals surface area contributed by atoms with Gasteiger partial charge in [-0.05, 0) is 39.9 Å². The lowest BCUT2D eigenvalue weighted by Gasteiger charge is -2.20. The molecule has 0 radical (unpaired) electrons. The van der Waals surface area contributed by atoms with Gasteiger partial charge in [0.25, 0.3) is 0 Å². The molecule has 2 aliphatic rings. The van der Waals surface area contributed by atoms with E-state index in [4.69, 9.17) is 14.2 Å². The molecule has 0 aromatic heterocycles. The van der Waals surface area contributed by atoms with Crippen LogP contribution in [0.2, 0.25) is 0 Å². The number of alkyl carbamates (subject to hydrolysis) is 1. The van der Waals surface area contributed by atoms with E-state index >= 15 is 0 Å². The monoisotopic (exact) mass is 509 g/mol. The van der Waals surface area contributed by atoms with Gasteiger partial charge in [-0.1, -0.05) is 64.5 Å². The number of carboxylic acids is 1. The summed E-state index contributed by atoms with van der Waals surface area (Å²) in [6.07, 6.45) is -1.00. The van der Waals surface area contributed by atoms with Crippen LogP contribution in [0.5, 0.6) is 11.5 Å². The van der Waals surface area contributed by atoms with Crippen molar-refractivity contribution in [2.45, 2.75) is 18.4 Å². The van der Waals surface area contributed by atoms with Crippen molar-refractivity contribution in [1.29, 1.82) is 0 Å². The first-order chi connectivity index (χ1) is 16.0. The van der Waals surface area contributed by atoms with Crippen LogP contribution in [0.25, 0.3) is 11.1 Å². The van der Waals surface area contributed by atoms with Gasteiger partial charge in [0.1, 0.15) is 6.61 Å². The van der Waals surface area contributed by atoms with Gasteiger partial charge in [0.15, 0.2) is 11.5 Å². The quantitative estimate of drug-likeness (QED) is 0.472. The molecule has 7 nitrogen and oxygen atoms in total. The van der Waals surface area contributed by atoms with Crippen LogP contribution in [0.1, 0.15) is 35.1 Å². The summed E-state index contributed by atoms with van der Waals surface area (Å²) in [5, 5.41) is 12.1. The van der Waals surface area contributed by atoms with E-state index < -0.39 is 18.1 Å². The summed E-state index contributed by atoms with van der Waals surface area (Å²) in [5.41, 5.74) is 5.04. The third-order valence-corrected chi connectivity index (χ3v) is 6.57. The second-order valence-corrected chi connectivity index (χ2v) is 8.70. The number of rotatable bonds is 6. The molecule has 0 saturated heterocycles. The largest absolute Gasteiger partial charge is 0.481 e. The van der Waals surface area contributed by atoms with Gasteiger partial charge in [0, 0.05) is 10.4 Å². The van der Waals surface area contributed by atoms with Crippen LogP contribution in [0, 0.1) is 0 Å². The fraction of sp³-hybridized carbons (Fsp3) is 0.200. The van der Waals surface area contributed by atoms with Crippen molar-refractivity contribution in [2.24, 2.45) is 0 Å². The number of hydrogen-bond acceptors (Lipinski definition) is 5. The maximum Gasteiger partial charge on any atom is 0.407 e. The minimum atomic E-state index is -1.05. The van der Waals surface area contributed by atoms with Gasteiger partial charge in [-0.3, -0.25) is 4.79 Å². The number of halogens is 1. The number of fused-ring (bicyclic) bond motifs is 4. The molecule has 0 saturated carbocycles. The van der Waals surface area contributed by atoms with Crippen LogP contribution in [0.3, 0.4) is 0 Å². The van der Waals surface area contributed by atoms with Gasteiger partial charge in [0.05, 0.1) is 12.5 Å². The van der Waals surface area contributed by atoms with Crippen molar-refractivity contribution in [3.63, 3.8) is 0 Å². The minimum Gasteiger partial charge on any atom is -0.481 e. The summed E-state index contributed by atoms with van der Waals surface area (Å²) in [5.74, 6) is -0.0827. The van der Waals surface area contributed by atoms with Crippen molar-refractivity contribution in [2.75, 3.05) is 13.4 Å². The topological polar surface area (TPSA) is 94.1 Å². The Morgan fingerprint density at radius 1 is 1.03 bits per heavy atom. The minimum absolute atomic E-state index is 0.0849. The zero-order valence-corrected chi connectivity index (χ0v) is 19.0. The molecule has 1 aliphatic heterocycles. The highest BCUT2D eigenvalue weighted by Gasteiger charge is 2.30. The van der Waals surface area contributed by atoms with Crippen molar-refractivity contribution in [3.8, 4) is 22.6 Å². The van der Waals surface area contributed by atoms with Gasteiger partial charge in [-0.15, -0.1) is 0 Å². The van der Waals surface area contributed by atoms with E-state index in [9.17, 15) is 14.7 Å². The first-order valence-electron chi connectivity index (χ1n) is 10.4. The molecule has 0 fully saturated rings. The zero-order valence-electron chi connectivity index (χ0n) is 17.4. The molecule has 1 atom stereocenters. The molecular weight excluding hydrogens is 490 g/mol. The Morgan fingerprint density at radius 3 is 2.27 bits per heavy atom. The van der Waals surface area contributed by atoms with Crippen molar-refractivity contribution in [3.05, 3.63) is 81.8 Å². The zero-order chi connectivity index (χ0) is 22.9. The second kappa shape index (κ2) is 8.78. The molecule has 0 bridgehead atoms. The van der Waals surface area contributed by atoms with E-state index in [1.165, 1.54) is 0 Å². The first-order valence-corrected chi connectivity index (χ1v) is 11.2. The number of benzene rings is 3. The number of amides is 1. The predicted octanol–water partition coefficient (Wildman–Crippen LogP) is 5.23. The van der Waals surface area contributed by atoms with E-state index in [1.807, 2.05) is 36.4 Å². The third-order valence-electron chi connectivity index (χ3n) is 5.88. The number of hydrogen-bond donors (Lipinski definition) is 2. The molecule has 5 rings (SSSR count). The van der Waals surface area contributed by atoms with Crippen LogP contribution in [0.4, 0.5) is 4.79 Å². The molecule has 8 heteroatoms. The summed E-state index contributed by atoms with van der Waals surface area (Å²) in [6.45, 7) is 0.233. The van der Waals surface area contributed by atoms with E-state index in [1.54, 1.807) is 12.1 Å². The van der Waals surface area contributed by atoms with E-state index in [0.29, 0.717) is 21.5 Å². The van der Waals surface area contributed by atoms with Gasteiger partial charge in [-0.25, -0.2) is 4.79 Å². The molecule has 3 aromatic rings. The maximum absolute atomic E-state index is 12.7. The van der Waals surface area contributed by atoms with E-state index in [0.717, 1.165) is 22.3 Å². The Balaban J connectivity index is 1.33. The molecule has 0 unspecified atom stereocenters. The summed E-state index contributed by atoms with van der Waals surface area (Å²) >= 11 is 3.44. The third kappa shape index (κ3) is 4.14. The highest BCUT2D eigenvalue weighted by atomic mass is 79.9. The van der Waals surface area contributed by atoms with Crippen LogP contribution in [-0.2, 0) is 9.53 Å². The smallest absolute Gasteiger partial charge is 0.407 e. The summed E-state index contributed by atoms with van der Waals surface area (Å²) in [6, 6.07) is 18.7.